The molecule has 134 valence electrons. The van der Waals surface area contributed by atoms with Gasteiger partial charge in [-0.3, -0.25) is 0 Å². The van der Waals surface area contributed by atoms with Crippen LogP contribution in [0.2, 0.25) is 0 Å². The molecule has 0 bridgehead atoms. The fraction of sp³-hybridized carbons (Fsp3) is 0.350. The monoisotopic (exact) mass is 345 g/mol. The molecular weight excluding hydrogens is 321 g/mol. The van der Waals surface area contributed by atoms with Gasteiger partial charge in [0.1, 0.15) is 5.82 Å². The highest BCUT2D eigenvalue weighted by atomic mass is 19.1. The normalized spacial score (nSPS) is 17.9. The summed E-state index contributed by atoms with van der Waals surface area (Å²) in [6.45, 7) is 2.26. The highest BCUT2D eigenvalue weighted by molar-refractivity contribution is 5.73. The Bertz CT molecular complexity index is 640. The maximum absolute atomic E-state index is 12.7. The second-order valence-electron chi connectivity index (χ2n) is 6.19. The van der Waals surface area contributed by atoms with E-state index in [9.17, 15) is 9.18 Å². The number of halogens is 1. The Labute approximate surface area is 147 Å². The van der Waals surface area contributed by atoms with Gasteiger partial charge >= 0.3 is 5.97 Å². The molecule has 0 aromatic heterocycles. The van der Waals surface area contributed by atoms with Gasteiger partial charge in [-0.05, 0) is 61.5 Å². The Morgan fingerprint density at radius 1 is 1.16 bits per heavy atom. The maximum Gasteiger partial charge on any atom is 0.337 e. The first-order valence-electron chi connectivity index (χ1n) is 8.47. The third kappa shape index (κ3) is 6.64. The van der Waals surface area contributed by atoms with Crippen molar-refractivity contribution in [3.8, 4) is 0 Å². The number of carboxylic acid groups (broad SMARTS) is 1. The molecule has 3 N–H and O–H groups in total. The molecule has 0 spiro atoms. The molecule has 3 rings (SSSR count). The van der Waals surface area contributed by atoms with E-state index in [1.165, 1.54) is 18.4 Å². The zero-order valence-electron chi connectivity index (χ0n) is 14.1. The van der Waals surface area contributed by atoms with E-state index in [0.717, 1.165) is 25.4 Å². The number of aliphatic hydroxyl groups excluding tert-OH is 1. The minimum Gasteiger partial charge on any atom is -0.479 e. The summed E-state index contributed by atoms with van der Waals surface area (Å²) in [7, 11) is 0. The van der Waals surface area contributed by atoms with Crippen LogP contribution in [-0.4, -0.2) is 29.3 Å². The quantitative estimate of drug-likeness (QED) is 0.796. The molecule has 5 heteroatoms. The van der Waals surface area contributed by atoms with E-state index >= 15 is 0 Å². The summed E-state index contributed by atoms with van der Waals surface area (Å²) in [4.78, 5) is 10.2. The van der Waals surface area contributed by atoms with E-state index in [2.05, 4.69) is 5.32 Å². The Morgan fingerprint density at radius 2 is 1.84 bits per heavy atom. The predicted octanol–water partition coefficient (Wildman–Crippen LogP) is 3.17. The van der Waals surface area contributed by atoms with Crippen LogP contribution in [0.1, 0.15) is 30.1 Å². The molecule has 2 atom stereocenters. The molecule has 2 aromatic rings. The van der Waals surface area contributed by atoms with Gasteiger partial charge in [0.15, 0.2) is 6.10 Å². The van der Waals surface area contributed by atoms with Crippen LogP contribution >= 0.6 is 0 Å². The van der Waals surface area contributed by atoms with E-state index in [1.807, 2.05) is 12.1 Å². The topological polar surface area (TPSA) is 69.6 Å². The van der Waals surface area contributed by atoms with Gasteiger partial charge in [-0.2, -0.15) is 0 Å². The average molecular weight is 345 g/mol. The number of aliphatic carboxylic acids is 1. The molecule has 4 nitrogen and oxygen atoms in total. The highest BCUT2D eigenvalue weighted by Gasteiger charge is 2.14. The summed E-state index contributed by atoms with van der Waals surface area (Å²) in [6.07, 6.45) is 2.24. The van der Waals surface area contributed by atoms with Gasteiger partial charge in [0, 0.05) is 0 Å². The molecule has 1 fully saturated rings. The number of aliphatic hydroxyl groups is 1. The minimum atomic E-state index is -1.41. The van der Waals surface area contributed by atoms with Gasteiger partial charge in [0.25, 0.3) is 0 Å². The number of benzene rings is 2. The van der Waals surface area contributed by atoms with Crippen molar-refractivity contribution in [1.82, 2.24) is 5.32 Å². The summed E-state index contributed by atoms with van der Waals surface area (Å²) in [5.41, 5.74) is 1.65. The van der Waals surface area contributed by atoms with Crippen molar-refractivity contribution in [2.24, 2.45) is 5.92 Å². The fourth-order valence-corrected chi connectivity index (χ4v) is 2.83. The van der Waals surface area contributed by atoms with Crippen LogP contribution in [-0.2, 0) is 11.2 Å². The van der Waals surface area contributed by atoms with Crippen LogP contribution in [0.4, 0.5) is 4.39 Å². The Balaban J connectivity index is 0.000000186. The molecule has 0 radical (unpaired) electrons. The molecule has 25 heavy (non-hydrogen) atoms. The first-order valence-corrected chi connectivity index (χ1v) is 8.47. The van der Waals surface area contributed by atoms with Crippen LogP contribution in [0, 0.1) is 11.7 Å². The summed E-state index contributed by atoms with van der Waals surface area (Å²) >= 11 is 0. The van der Waals surface area contributed by atoms with E-state index in [4.69, 9.17) is 10.2 Å². The van der Waals surface area contributed by atoms with Crippen molar-refractivity contribution in [3.05, 3.63) is 71.5 Å². The van der Waals surface area contributed by atoms with Gasteiger partial charge in [0.2, 0.25) is 0 Å². The molecule has 0 aliphatic carbocycles. The van der Waals surface area contributed by atoms with Crippen molar-refractivity contribution < 1.29 is 19.4 Å². The summed E-state index contributed by atoms with van der Waals surface area (Å²) in [5.74, 6) is -0.638. The molecule has 1 aliphatic heterocycles. The van der Waals surface area contributed by atoms with Crippen molar-refractivity contribution in [1.29, 1.82) is 0 Å². The molecule has 1 heterocycles. The Kier molecular flexibility index (Phi) is 7.57. The summed E-state index contributed by atoms with van der Waals surface area (Å²) < 4.78 is 12.7. The average Bonchev–Trinajstić information content (AvgIpc) is 2.65. The van der Waals surface area contributed by atoms with Crippen LogP contribution in [0.3, 0.4) is 0 Å². The summed E-state index contributed by atoms with van der Waals surface area (Å²) in [5, 5.41) is 20.8. The number of piperidine rings is 1. The van der Waals surface area contributed by atoms with Crippen LogP contribution in [0.5, 0.6) is 0 Å². The lowest BCUT2D eigenvalue weighted by Gasteiger charge is -2.22. The lowest BCUT2D eigenvalue weighted by Crippen LogP contribution is -2.30. The fourth-order valence-electron chi connectivity index (χ4n) is 2.83. The van der Waals surface area contributed by atoms with Crippen molar-refractivity contribution in [3.63, 3.8) is 0 Å². The lowest BCUT2D eigenvalue weighted by molar-refractivity contribution is -0.146. The van der Waals surface area contributed by atoms with Crippen molar-refractivity contribution in [2.75, 3.05) is 13.1 Å². The number of carbonyl (C=O) groups is 1. The Hall–Kier alpha value is -2.24. The van der Waals surface area contributed by atoms with Crippen molar-refractivity contribution >= 4 is 5.97 Å². The number of rotatable bonds is 4. The smallest absolute Gasteiger partial charge is 0.337 e. The number of nitrogens with one attached hydrogen (secondary N) is 1. The van der Waals surface area contributed by atoms with Crippen LogP contribution in [0.15, 0.2) is 54.6 Å². The van der Waals surface area contributed by atoms with Crippen LogP contribution < -0.4 is 5.32 Å². The first kappa shape index (κ1) is 19.1. The predicted molar refractivity (Wildman–Crippen MR) is 94.7 cm³/mol. The summed E-state index contributed by atoms with van der Waals surface area (Å²) in [6, 6.07) is 15.1. The SMILES string of the molecule is Fc1ccc(CC2CCCNC2)cc1.O=C(O)[C@H](O)c1ccccc1. The third-order valence-electron chi connectivity index (χ3n) is 4.19. The van der Waals surface area contributed by atoms with E-state index in [0.29, 0.717) is 5.56 Å². The van der Waals surface area contributed by atoms with Gasteiger partial charge < -0.3 is 15.5 Å². The van der Waals surface area contributed by atoms with E-state index in [-0.39, 0.29) is 5.82 Å². The zero-order chi connectivity index (χ0) is 18.1. The zero-order valence-corrected chi connectivity index (χ0v) is 14.1. The molecule has 2 aromatic carbocycles. The molecule has 1 unspecified atom stereocenters. The molecule has 0 saturated carbocycles. The minimum absolute atomic E-state index is 0.143. The van der Waals surface area contributed by atoms with Gasteiger partial charge in [-0.15, -0.1) is 0 Å². The number of carboxylic acids is 1. The van der Waals surface area contributed by atoms with E-state index < -0.39 is 12.1 Å². The number of hydrogen-bond acceptors (Lipinski definition) is 3. The lowest BCUT2D eigenvalue weighted by atomic mass is 9.92. The van der Waals surface area contributed by atoms with Gasteiger partial charge in [0.05, 0.1) is 0 Å². The highest BCUT2D eigenvalue weighted by Crippen LogP contribution is 2.16. The van der Waals surface area contributed by atoms with Gasteiger partial charge in [-0.25, -0.2) is 9.18 Å². The maximum atomic E-state index is 12.7. The molecule has 0 amide bonds. The second kappa shape index (κ2) is 9.91. The second-order valence-corrected chi connectivity index (χ2v) is 6.19. The Morgan fingerprint density at radius 3 is 2.40 bits per heavy atom. The number of hydrogen-bond donors (Lipinski definition) is 3. The molecule has 1 saturated heterocycles. The standard InChI is InChI=1S/C12H16FN.C8H8O3/c13-12-5-3-10(4-6-12)8-11-2-1-7-14-9-11;9-7(8(10)11)6-4-2-1-3-5-6/h3-6,11,14H,1-2,7-9H2;1-5,7,9H,(H,10,11)/t;7-/m.1/s1. The van der Waals surface area contributed by atoms with Crippen molar-refractivity contribution in [2.45, 2.75) is 25.4 Å². The third-order valence-corrected chi connectivity index (χ3v) is 4.19. The van der Waals surface area contributed by atoms with E-state index in [1.54, 1.807) is 42.5 Å². The van der Waals surface area contributed by atoms with Crippen LogP contribution in [0.25, 0.3) is 0 Å². The molecule has 1 aliphatic rings. The molecular formula is C20H24FNO3. The van der Waals surface area contributed by atoms with Gasteiger partial charge in [-0.1, -0.05) is 42.5 Å². The first-order chi connectivity index (χ1) is 12.1. The largest absolute Gasteiger partial charge is 0.479 e.